The van der Waals surface area contributed by atoms with Crippen LogP contribution in [0.2, 0.25) is 0 Å². The molecular formula is C8H8FN3O3. The van der Waals surface area contributed by atoms with Crippen molar-refractivity contribution in [2.45, 2.75) is 0 Å². The maximum Gasteiger partial charge on any atom is 0.279 e. The summed E-state index contributed by atoms with van der Waals surface area (Å²) in [6, 6.07) is 2.62. The minimum Gasteiger partial charge on any atom is -0.368 e. The van der Waals surface area contributed by atoms with E-state index in [1.807, 2.05) is 5.48 Å². The molecule has 1 heterocycles. The zero-order chi connectivity index (χ0) is 11.3. The second kappa shape index (κ2) is 5.01. The number of amides is 2. The molecule has 0 spiro atoms. The molecule has 0 radical (unpaired) electrons. The topological polar surface area (TPSA) is 94.3 Å². The number of rotatable bonds is 4. The van der Waals surface area contributed by atoms with Gasteiger partial charge in [-0.1, -0.05) is 0 Å². The lowest BCUT2D eigenvalue weighted by molar-refractivity contribution is -0.124. The Bertz CT molecular complexity index is 383. The van der Waals surface area contributed by atoms with Gasteiger partial charge in [-0.05, 0) is 12.1 Å². The van der Waals surface area contributed by atoms with E-state index in [0.717, 1.165) is 0 Å². The van der Waals surface area contributed by atoms with Gasteiger partial charge in [-0.15, -0.1) is 0 Å². The Morgan fingerprint density at radius 1 is 1.60 bits per heavy atom. The van der Waals surface area contributed by atoms with E-state index in [1.54, 1.807) is 0 Å². The maximum absolute atomic E-state index is 12.9. The van der Waals surface area contributed by atoms with Gasteiger partial charge in [0.05, 0.1) is 5.56 Å². The second-order valence-corrected chi connectivity index (χ2v) is 2.53. The fourth-order valence-electron chi connectivity index (χ4n) is 0.783. The summed E-state index contributed by atoms with van der Waals surface area (Å²) >= 11 is 0. The Labute approximate surface area is 84.2 Å². The molecule has 0 bridgehead atoms. The van der Waals surface area contributed by atoms with Gasteiger partial charge in [-0.3, -0.25) is 14.4 Å². The van der Waals surface area contributed by atoms with Crippen molar-refractivity contribution in [3.05, 3.63) is 29.8 Å². The van der Waals surface area contributed by atoms with Gasteiger partial charge in [0.15, 0.2) is 6.61 Å². The second-order valence-electron chi connectivity index (χ2n) is 2.53. The van der Waals surface area contributed by atoms with Gasteiger partial charge < -0.3 is 5.73 Å². The molecule has 1 aromatic rings. The van der Waals surface area contributed by atoms with E-state index in [4.69, 9.17) is 5.73 Å². The number of hydroxylamine groups is 1. The van der Waals surface area contributed by atoms with Crippen LogP contribution in [0.5, 0.6) is 0 Å². The molecule has 7 heteroatoms. The van der Waals surface area contributed by atoms with Crippen LogP contribution in [-0.2, 0) is 9.63 Å². The van der Waals surface area contributed by atoms with Crippen LogP contribution >= 0.6 is 0 Å². The fourth-order valence-corrected chi connectivity index (χ4v) is 0.783. The van der Waals surface area contributed by atoms with E-state index in [0.29, 0.717) is 0 Å². The van der Waals surface area contributed by atoms with E-state index in [-0.39, 0.29) is 5.56 Å². The summed E-state index contributed by atoms with van der Waals surface area (Å²) in [4.78, 5) is 29.1. The minimum absolute atomic E-state index is 0.276. The molecule has 0 aliphatic rings. The summed E-state index contributed by atoms with van der Waals surface area (Å²) in [6.45, 7) is -0.479. The molecule has 1 rings (SSSR count). The van der Waals surface area contributed by atoms with Crippen LogP contribution in [0.15, 0.2) is 18.3 Å². The van der Waals surface area contributed by atoms with Gasteiger partial charge >= 0.3 is 0 Å². The maximum atomic E-state index is 12.9. The molecule has 0 aromatic carbocycles. The lowest BCUT2D eigenvalue weighted by Crippen LogP contribution is -2.30. The highest BCUT2D eigenvalue weighted by Crippen LogP contribution is 2.02. The van der Waals surface area contributed by atoms with E-state index < -0.39 is 24.4 Å². The Morgan fingerprint density at radius 2 is 2.33 bits per heavy atom. The summed E-state index contributed by atoms with van der Waals surface area (Å²) in [5.74, 6) is -2.50. The first-order valence-corrected chi connectivity index (χ1v) is 3.92. The number of carbonyl (C=O) groups is 2. The van der Waals surface area contributed by atoms with Crippen LogP contribution in [0.4, 0.5) is 4.39 Å². The van der Waals surface area contributed by atoms with E-state index in [1.165, 1.54) is 18.3 Å². The number of halogens is 1. The highest BCUT2D eigenvalue weighted by Gasteiger charge is 2.11. The molecule has 0 unspecified atom stereocenters. The normalized spacial score (nSPS) is 9.67. The van der Waals surface area contributed by atoms with E-state index >= 15 is 0 Å². The number of hydrogen-bond acceptors (Lipinski definition) is 4. The van der Waals surface area contributed by atoms with E-state index in [2.05, 4.69) is 9.82 Å². The first-order chi connectivity index (χ1) is 7.11. The van der Waals surface area contributed by atoms with Crippen LogP contribution in [0.25, 0.3) is 0 Å². The Morgan fingerprint density at radius 3 is 2.93 bits per heavy atom. The zero-order valence-electron chi connectivity index (χ0n) is 7.57. The fraction of sp³-hybridized carbons (Fsp3) is 0.125. The molecule has 1 aromatic heterocycles. The summed E-state index contributed by atoms with van der Waals surface area (Å²) in [5.41, 5.74) is 6.32. The summed E-state index contributed by atoms with van der Waals surface area (Å²) < 4.78 is 12.9. The highest BCUT2D eigenvalue weighted by molar-refractivity contribution is 5.93. The standard InChI is InChI=1S/C8H8FN3O3/c9-7-5(2-1-3-11-7)8(14)12-15-4-6(10)13/h1-3H,4H2,(H2,10,13)(H,12,14). The van der Waals surface area contributed by atoms with Crippen LogP contribution in [0, 0.1) is 5.95 Å². The first-order valence-electron chi connectivity index (χ1n) is 3.92. The van der Waals surface area contributed by atoms with Gasteiger partial charge in [0, 0.05) is 6.20 Å². The van der Waals surface area contributed by atoms with Gasteiger partial charge in [-0.2, -0.15) is 4.39 Å². The number of aromatic nitrogens is 1. The van der Waals surface area contributed by atoms with Crippen molar-refractivity contribution >= 4 is 11.8 Å². The summed E-state index contributed by atoms with van der Waals surface area (Å²) in [6.07, 6.45) is 1.20. The Balaban J connectivity index is 2.54. The smallest absolute Gasteiger partial charge is 0.279 e. The van der Waals surface area contributed by atoms with Crippen molar-refractivity contribution in [2.24, 2.45) is 5.73 Å². The monoisotopic (exact) mass is 213 g/mol. The Kier molecular flexibility index (Phi) is 3.69. The average Bonchev–Trinajstić information content (AvgIpc) is 2.17. The molecule has 0 saturated heterocycles. The predicted octanol–water partition coefficient (Wildman–Crippen LogP) is -0.633. The molecule has 0 atom stereocenters. The van der Waals surface area contributed by atoms with Gasteiger partial charge in [0.2, 0.25) is 11.9 Å². The van der Waals surface area contributed by atoms with Crippen LogP contribution in [0.1, 0.15) is 10.4 Å². The van der Waals surface area contributed by atoms with Gasteiger partial charge in [0.1, 0.15) is 0 Å². The average molecular weight is 213 g/mol. The molecule has 3 N–H and O–H groups in total. The number of primary amides is 1. The third kappa shape index (κ3) is 3.31. The van der Waals surface area contributed by atoms with Crippen LogP contribution in [-0.4, -0.2) is 23.4 Å². The third-order valence-electron chi connectivity index (χ3n) is 1.38. The molecule has 2 amide bonds. The lowest BCUT2D eigenvalue weighted by Gasteiger charge is -2.03. The number of nitrogens with one attached hydrogen (secondary N) is 1. The van der Waals surface area contributed by atoms with Crippen molar-refractivity contribution < 1.29 is 18.8 Å². The van der Waals surface area contributed by atoms with Crippen LogP contribution < -0.4 is 11.2 Å². The van der Waals surface area contributed by atoms with Crippen molar-refractivity contribution in [3.63, 3.8) is 0 Å². The molecule has 0 saturated carbocycles. The molecular weight excluding hydrogens is 205 g/mol. The van der Waals surface area contributed by atoms with Gasteiger partial charge in [-0.25, -0.2) is 10.5 Å². The first kappa shape index (κ1) is 11.1. The zero-order valence-corrected chi connectivity index (χ0v) is 7.57. The predicted molar refractivity (Wildman–Crippen MR) is 46.8 cm³/mol. The van der Waals surface area contributed by atoms with Crippen LogP contribution in [0.3, 0.4) is 0 Å². The number of nitrogens with zero attached hydrogens (tertiary/aromatic N) is 1. The van der Waals surface area contributed by atoms with Crippen molar-refractivity contribution in [3.8, 4) is 0 Å². The minimum atomic E-state index is -0.919. The molecule has 0 fully saturated rings. The number of nitrogens with two attached hydrogens (primary N) is 1. The Hall–Kier alpha value is -2.02. The van der Waals surface area contributed by atoms with Crippen molar-refractivity contribution in [1.82, 2.24) is 10.5 Å². The van der Waals surface area contributed by atoms with Crippen molar-refractivity contribution in [1.29, 1.82) is 0 Å². The van der Waals surface area contributed by atoms with E-state index in [9.17, 15) is 14.0 Å². The molecule has 0 aliphatic heterocycles. The quantitative estimate of drug-likeness (QED) is 0.514. The van der Waals surface area contributed by atoms with Crippen molar-refractivity contribution in [2.75, 3.05) is 6.61 Å². The molecule has 6 nitrogen and oxygen atoms in total. The number of carbonyl (C=O) groups excluding carboxylic acids is 2. The molecule has 15 heavy (non-hydrogen) atoms. The number of pyridine rings is 1. The largest absolute Gasteiger partial charge is 0.368 e. The highest BCUT2D eigenvalue weighted by atomic mass is 19.1. The third-order valence-corrected chi connectivity index (χ3v) is 1.38. The summed E-state index contributed by atoms with van der Waals surface area (Å²) in [7, 11) is 0. The lowest BCUT2D eigenvalue weighted by atomic mass is 10.3. The molecule has 0 aliphatic carbocycles. The number of hydrogen-bond donors (Lipinski definition) is 2. The summed E-state index contributed by atoms with van der Waals surface area (Å²) in [5, 5.41) is 0. The molecule has 80 valence electrons. The SMILES string of the molecule is NC(=O)CONC(=O)c1cccnc1F. The van der Waals surface area contributed by atoms with Gasteiger partial charge in [0.25, 0.3) is 5.91 Å².